The maximum Gasteiger partial charge on any atom is 0.210 e. The normalized spacial score (nSPS) is 10.4. The Morgan fingerprint density at radius 3 is 2.72 bits per heavy atom. The zero-order valence-electron chi connectivity index (χ0n) is 10.2. The second-order valence-corrected chi connectivity index (χ2v) is 5.30. The molecule has 0 aliphatic carbocycles. The summed E-state index contributed by atoms with van der Waals surface area (Å²) in [4.78, 5) is 13.5. The third-order valence-electron chi connectivity index (χ3n) is 2.53. The maximum absolute atomic E-state index is 13.6. The highest BCUT2D eigenvalue weighted by Crippen LogP contribution is 2.21. The molecule has 0 radical (unpaired) electrons. The second-order valence-electron chi connectivity index (χ2n) is 4.01. The Balaban J connectivity index is 2.04. The first-order valence-corrected chi connectivity index (χ1v) is 6.37. The molecule has 0 bridgehead atoms. The Labute approximate surface area is 109 Å². The minimum atomic E-state index is -0.410. The maximum atomic E-state index is 13.6. The highest BCUT2D eigenvalue weighted by Gasteiger charge is 2.11. The van der Waals surface area contributed by atoms with E-state index in [9.17, 15) is 9.18 Å². The molecule has 18 heavy (non-hydrogen) atoms. The number of hydrogen-bond donors (Lipinski definition) is 0. The zero-order chi connectivity index (χ0) is 13.1. The van der Waals surface area contributed by atoms with Crippen molar-refractivity contribution < 1.29 is 13.9 Å². The second kappa shape index (κ2) is 5.31. The van der Waals surface area contributed by atoms with E-state index in [1.54, 1.807) is 25.1 Å². The van der Waals surface area contributed by atoms with Gasteiger partial charge in [0.15, 0.2) is 18.2 Å². The minimum Gasteiger partial charge on any atom is -0.482 e. The lowest BCUT2D eigenvalue weighted by molar-refractivity contribution is 0.0922. The highest BCUT2D eigenvalue weighted by atomic mass is 32.1. The van der Waals surface area contributed by atoms with Crippen LogP contribution in [0.25, 0.3) is 0 Å². The number of carbonyl (C=O) groups is 1. The predicted octanol–water partition coefficient (Wildman–Crippen LogP) is 3.77. The van der Waals surface area contributed by atoms with Crippen molar-refractivity contribution in [2.75, 3.05) is 6.61 Å². The van der Waals surface area contributed by atoms with Crippen molar-refractivity contribution in [2.45, 2.75) is 13.8 Å². The SMILES string of the molecule is Cc1ccc(C(=O)COc2cccc(C)c2F)s1. The van der Waals surface area contributed by atoms with E-state index in [2.05, 4.69) is 0 Å². The van der Waals surface area contributed by atoms with Crippen LogP contribution in [0.2, 0.25) is 0 Å². The molecular formula is C14H13FO2S. The van der Waals surface area contributed by atoms with Crippen molar-refractivity contribution in [3.63, 3.8) is 0 Å². The average Bonchev–Trinajstić information content (AvgIpc) is 2.77. The van der Waals surface area contributed by atoms with Crippen LogP contribution in [0.1, 0.15) is 20.1 Å². The molecule has 0 spiro atoms. The first kappa shape index (κ1) is 12.8. The molecule has 4 heteroatoms. The molecule has 0 saturated carbocycles. The van der Waals surface area contributed by atoms with Crippen molar-refractivity contribution >= 4 is 17.1 Å². The highest BCUT2D eigenvalue weighted by molar-refractivity contribution is 7.14. The van der Waals surface area contributed by atoms with Gasteiger partial charge in [-0.25, -0.2) is 4.39 Å². The van der Waals surface area contributed by atoms with E-state index in [1.165, 1.54) is 17.4 Å². The lowest BCUT2D eigenvalue weighted by atomic mass is 10.2. The van der Waals surface area contributed by atoms with Crippen LogP contribution in [0.3, 0.4) is 0 Å². The molecule has 1 heterocycles. The van der Waals surface area contributed by atoms with E-state index < -0.39 is 5.82 Å². The van der Waals surface area contributed by atoms with E-state index in [1.807, 2.05) is 13.0 Å². The van der Waals surface area contributed by atoms with Crippen LogP contribution in [0.4, 0.5) is 4.39 Å². The summed E-state index contributed by atoms with van der Waals surface area (Å²) in [6, 6.07) is 8.53. The number of carbonyl (C=O) groups excluding carboxylic acids is 1. The summed E-state index contributed by atoms with van der Waals surface area (Å²) in [6.07, 6.45) is 0. The predicted molar refractivity (Wildman–Crippen MR) is 70.0 cm³/mol. The van der Waals surface area contributed by atoms with E-state index in [0.29, 0.717) is 10.4 Å². The van der Waals surface area contributed by atoms with Crippen LogP contribution < -0.4 is 4.74 Å². The molecule has 0 fully saturated rings. The molecule has 94 valence electrons. The molecule has 0 N–H and O–H groups in total. The summed E-state index contributed by atoms with van der Waals surface area (Å²) in [7, 11) is 0. The van der Waals surface area contributed by atoms with Crippen molar-refractivity contribution in [1.29, 1.82) is 0 Å². The van der Waals surface area contributed by atoms with Crippen LogP contribution in [0, 0.1) is 19.7 Å². The number of aryl methyl sites for hydroxylation is 2. The number of benzene rings is 1. The van der Waals surface area contributed by atoms with Gasteiger partial charge in [-0.2, -0.15) is 0 Å². The van der Waals surface area contributed by atoms with Crippen LogP contribution in [-0.4, -0.2) is 12.4 Å². The van der Waals surface area contributed by atoms with E-state index in [-0.39, 0.29) is 18.1 Å². The van der Waals surface area contributed by atoms with Gasteiger partial charge in [0.25, 0.3) is 0 Å². The fraction of sp³-hybridized carbons (Fsp3) is 0.214. The van der Waals surface area contributed by atoms with E-state index in [4.69, 9.17) is 4.74 Å². The topological polar surface area (TPSA) is 26.3 Å². The van der Waals surface area contributed by atoms with E-state index in [0.717, 1.165) is 4.88 Å². The number of hydrogen-bond acceptors (Lipinski definition) is 3. The summed E-state index contributed by atoms with van der Waals surface area (Å²) < 4.78 is 18.9. The molecule has 0 amide bonds. The fourth-order valence-corrected chi connectivity index (χ4v) is 2.32. The molecule has 1 aromatic heterocycles. The van der Waals surface area contributed by atoms with Gasteiger partial charge < -0.3 is 4.74 Å². The number of Topliss-reactive ketones (excluding diaryl/α,β-unsaturated/α-hetero) is 1. The van der Waals surface area contributed by atoms with Gasteiger partial charge in [0.2, 0.25) is 5.78 Å². The Kier molecular flexibility index (Phi) is 3.77. The van der Waals surface area contributed by atoms with Crippen LogP contribution >= 0.6 is 11.3 Å². The average molecular weight is 264 g/mol. The van der Waals surface area contributed by atoms with Crippen LogP contribution in [0.15, 0.2) is 30.3 Å². The van der Waals surface area contributed by atoms with Gasteiger partial charge in [-0.3, -0.25) is 4.79 Å². The summed E-state index contributed by atoms with van der Waals surface area (Å²) in [5.41, 5.74) is 0.506. The van der Waals surface area contributed by atoms with Crippen LogP contribution in [0.5, 0.6) is 5.75 Å². The Bertz CT molecular complexity index is 575. The smallest absolute Gasteiger partial charge is 0.210 e. The number of rotatable bonds is 4. The molecule has 0 unspecified atom stereocenters. The summed E-state index contributed by atoms with van der Waals surface area (Å²) in [5, 5.41) is 0. The number of ether oxygens (including phenoxy) is 1. The molecule has 2 nitrogen and oxygen atoms in total. The van der Waals surface area contributed by atoms with Crippen molar-refractivity contribution in [3.05, 3.63) is 51.5 Å². The summed E-state index contributed by atoms with van der Waals surface area (Å²) in [5.74, 6) is -0.418. The van der Waals surface area contributed by atoms with Gasteiger partial charge in [0, 0.05) is 4.88 Å². The molecule has 0 aliphatic heterocycles. The van der Waals surface area contributed by atoms with Gasteiger partial charge in [-0.1, -0.05) is 12.1 Å². The molecule has 2 aromatic rings. The molecule has 0 atom stereocenters. The molecule has 0 saturated heterocycles. The van der Waals surface area contributed by atoms with Crippen molar-refractivity contribution in [2.24, 2.45) is 0 Å². The van der Waals surface area contributed by atoms with Gasteiger partial charge in [-0.15, -0.1) is 11.3 Å². The first-order chi connectivity index (χ1) is 8.58. The number of halogens is 1. The van der Waals surface area contributed by atoms with Crippen molar-refractivity contribution in [1.82, 2.24) is 0 Å². The van der Waals surface area contributed by atoms with Gasteiger partial charge in [0.1, 0.15) is 0 Å². The Morgan fingerprint density at radius 1 is 1.28 bits per heavy atom. The standard InChI is InChI=1S/C14H13FO2S/c1-9-4-3-5-12(14(9)15)17-8-11(16)13-7-6-10(2)18-13/h3-7H,8H2,1-2H3. The third kappa shape index (κ3) is 2.76. The van der Waals surface area contributed by atoms with Gasteiger partial charge in [0.05, 0.1) is 4.88 Å². The first-order valence-electron chi connectivity index (χ1n) is 5.55. The van der Waals surface area contributed by atoms with E-state index >= 15 is 0 Å². The zero-order valence-corrected chi connectivity index (χ0v) is 11.0. The monoisotopic (exact) mass is 264 g/mol. The molecule has 2 rings (SSSR count). The van der Waals surface area contributed by atoms with Gasteiger partial charge in [-0.05, 0) is 37.6 Å². The number of ketones is 1. The third-order valence-corrected chi connectivity index (χ3v) is 3.57. The largest absolute Gasteiger partial charge is 0.482 e. The minimum absolute atomic E-state index is 0.122. The van der Waals surface area contributed by atoms with Crippen LogP contribution in [-0.2, 0) is 0 Å². The summed E-state index contributed by atoms with van der Waals surface area (Å²) >= 11 is 1.42. The fourth-order valence-electron chi connectivity index (χ4n) is 1.53. The molecule has 0 aliphatic rings. The van der Waals surface area contributed by atoms with Gasteiger partial charge >= 0.3 is 0 Å². The summed E-state index contributed by atoms with van der Waals surface area (Å²) in [6.45, 7) is 3.45. The Morgan fingerprint density at radius 2 is 2.06 bits per heavy atom. The van der Waals surface area contributed by atoms with Crippen molar-refractivity contribution in [3.8, 4) is 5.75 Å². The quantitative estimate of drug-likeness (QED) is 0.786. The lowest BCUT2D eigenvalue weighted by Crippen LogP contribution is -2.11. The Hall–Kier alpha value is -1.68. The number of thiophene rings is 1. The lowest BCUT2D eigenvalue weighted by Gasteiger charge is -2.07. The molecule has 1 aromatic carbocycles. The molecular weight excluding hydrogens is 251 g/mol.